The van der Waals surface area contributed by atoms with Crippen LogP contribution in [0.4, 0.5) is 0 Å². The summed E-state index contributed by atoms with van der Waals surface area (Å²) in [5.41, 5.74) is 1.29. The summed E-state index contributed by atoms with van der Waals surface area (Å²) in [5, 5.41) is 0. The van der Waals surface area contributed by atoms with Crippen molar-refractivity contribution in [2.75, 3.05) is 31.9 Å². The van der Waals surface area contributed by atoms with Gasteiger partial charge in [-0.25, -0.2) is 13.1 Å². The van der Waals surface area contributed by atoms with Crippen LogP contribution in [0, 0.1) is 5.92 Å². The van der Waals surface area contributed by atoms with Crippen LogP contribution in [0.3, 0.4) is 0 Å². The Morgan fingerprint density at radius 2 is 1.64 bits per heavy atom. The van der Waals surface area contributed by atoms with Gasteiger partial charge in [-0.15, -0.1) is 0 Å². The molecule has 3 rings (SSSR count). The molecule has 2 fully saturated rings. The first kappa shape index (κ1) is 21.0. The fraction of sp³-hybridized carbons (Fsp3) is 0.600. The number of sulfonamides is 1. The summed E-state index contributed by atoms with van der Waals surface area (Å²) in [6.45, 7) is 3.21. The highest BCUT2D eigenvalue weighted by atomic mass is 32.2. The maximum absolute atomic E-state index is 12.3. The van der Waals surface area contributed by atoms with Gasteiger partial charge in [0.05, 0.1) is 5.75 Å². The van der Waals surface area contributed by atoms with Crippen LogP contribution in [0.5, 0.6) is 0 Å². The number of hydrogen-bond donors (Lipinski definition) is 1. The number of hydrogen-bond acceptors (Lipinski definition) is 5. The molecule has 8 heteroatoms. The van der Waals surface area contributed by atoms with E-state index in [-0.39, 0.29) is 24.1 Å². The van der Waals surface area contributed by atoms with E-state index in [1.807, 2.05) is 18.2 Å². The van der Waals surface area contributed by atoms with Crippen molar-refractivity contribution in [2.24, 2.45) is 5.92 Å². The van der Waals surface area contributed by atoms with Crippen LogP contribution in [0.1, 0.15) is 37.7 Å². The van der Waals surface area contributed by atoms with Crippen LogP contribution in [0.2, 0.25) is 0 Å². The number of benzene rings is 1. The Bertz CT molecular complexity index is 758. The molecule has 7 nitrogen and oxygen atoms in total. The molecule has 1 aromatic rings. The van der Waals surface area contributed by atoms with Crippen molar-refractivity contribution < 1.29 is 18.0 Å². The zero-order chi connectivity index (χ0) is 20.0. The number of likely N-dealkylation sites (tertiary alicyclic amines) is 2. The van der Waals surface area contributed by atoms with Crippen LogP contribution in [0.25, 0.3) is 0 Å². The molecule has 0 aliphatic carbocycles. The monoisotopic (exact) mass is 407 g/mol. The van der Waals surface area contributed by atoms with Gasteiger partial charge in [-0.05, 0) is 43.8 Å². The van der Waals surface area contributed by atoms with Gasteiger partial charge in [0.2, 0.25) is 21.8 Å². The first-order chi connectivity index (χ1) is 13.4. The average molecular weight is 408 g/mol. The summed E-state index contributed by atoms with van der Waals surface area (Å²) in [5.74, 6) is -0.438. The van der Waals surface area contributed by atoms with E-state index >= 15 is 0 Å². The van der Waals surface area contributed by atoms with Gasteiger partial charge in [-0.2, -0.15) is 0 Å². The third kappa shape index (κ3) is 6.12. The third-order valence-corrected chi connectivity index (χ3v) is 6.84. The number of rotatable bonds is 8. The van der Waals surface area contributed by atoms with Crippen molar-refractivity contribution in [2.45, 2.75) is 38.6 Å². The number of carbonyl (C=O) groups is 2. The number of nitrogens with zero attached hydrogens (tertiary/aromatic N) is 2. The third-order valence-electron chi connectivity index (χ3n) is 5.52. The van der Waals surface area contributed by atoms with Crippen molar-refractivity contribution in [3.8, 4) is 0 Å². The highest BCUT2D eigenvalue weighted by Gasteiger charge is 2.27. The van der Waals surface area contributed by atoms with Gasteiger partial charge in [0, 0.05) is 32.5 Å². The van der Waals surface area contributed by atoms with Crippen LogP contribution >= 0.6 is 0 Å². The fourth-order valence-electron chi connectivity index (χ4n) is 3.77. The van der Waals surface area contributed by atoms with Crippen molar-refractivity contribution in [3.05, 3.63) is 35.9 Å². The molecule has 2 heterocycles. The zero-order valence-electron chi connectivity index (χ0n) is 16.2. The van der Waals surface area contributed by atoms with E-state index in [0.717, 1.165) is 37.4 Å². The van der Waals surface area contributed by atoms with Gasteiger partial charge in [0.25, 0.3) is 0 Å². The predicted octanol–water partition coefficient (Wildman–Crippen LogP) is 1.36. The van der Waals surface area contributed by atoms with E-state index in [2.05, 4.69) is 21.8 Å². The Labute approximate surface area is 167 Å². The molecular formula is C20H29N3O4S. The molecule has 2 aliphatic rings. The van der Waals surface area contributed by atoms with Crippen molar-refractivity contribution >= 4 is 21.8 Å². The van der Waals surface area contributed by atoms with E-state index in [9.17, 15) is 18.0 Å². The topological polar surface area (TPSA) is 86.8 Å². The minimum atomic E-state index is -3.50. The molecule has 0 radical (unpaired) electrons. The molecule has 0 unspecified atom stereocenters. The van der Waals surface area contributed by atoms with Gasteiger partial charge < -0.3 is 0 Å². The summed E-state index contributed by atoms with van der Waals surface area (Å²) < 4.78 is 27.2. The van der Waals surface area contributed by atoms with Gasteiger partial charge in [0.1, 0.15) is 0 Å². The lowest BCUT2D eigenvalue weighted by Crippen LogP contribution is -2.44. The minimum absolute atomic E-state index is 0.0531. The normalized spacial score (nSPS) is 19.9. The Morgan fingerprint density at radius 3 is 2.29 bits per heavy atom. The van der Waals surface area contributed by atoms with Gasteiger partial charge in [0.15, 0.2) is 0 Å². The fourth-order valence-corrected chi connectivity index (χ4v) is 4.82. The molecule has 0 aromatic heterocycles. The highest BCUT2D eigenvalue weighted by Crippen LogP contribution is 2.19. The smallest absolute Gasteiger partial charge is 0.229 e. The number of nitrogens with one attached hydrogen (secondary N) is 1. The molecule has 0 bridgehead atoms. The number of amides is 2. The predicted molar refractivity (Wildman–Crippen MR) is 107 cm³/mol. The van der Waals surface area contributed by atoms with Crippen LogP contribution in [-0.4, -0.2) is 62.0 Å². The molecule has 1 N–H and O–H groups in total. The second-order valence-corrected chi connectivity index (χ2v) is 9.59. The number of imide groups is 1. The molecule has 2 saturated heterocycles. The molecule has 154 valence electrons. The van der Waals surface area contributed by atoms with Gasteiger partial charge in [-0.3, -0.25) is 19.4 Å². The molecule has 2 aliphatic heterocycles. The second-order valence-electron chi connectivity index (χ2n) is 7.67. The Balaban J connectivity index is 1.38. The van der Waals surface area contributed by atoms with Crippen LogP contribution in [0.15, 0.2) is 30.3 Å². The summed E-state index contributed by atoms with van der Waals surface area (Å²) in [6.07, 6.45) is 3.11. The second kappa shape index (κ2) is 9.62. The number of piperidine rings is 2. The molecule has 28 heavy (non-hydrogen) atoms. The van der Waals surface area contributed by atoms with E-state index in [1.165, 1.54) is 5.56 Å². The SMILES string of the molecule is O=C1CCCC(=O)N1CCS(=O)(=O)NCC1CCN(Cc2ccccc2)CC1. The quantitative estimate of drug-likeness (QED) is 0.658. The van der Waals surface area contributed by atoms with Crippen molar-refractivity contribution in [1.29, 1.82) is 0 Å². The van der Waals surface area contributed by atoms with E-state index in [1.54, 1.807) is 0 Å². The van der Waals surface area contributed by atoms with Crippen LogP contribution in [-0.2, 0) is 26.2 Å². The minimum Gasteiger partial charge on any atom is -0.299 e. The lowest BCUT2D eigenvalue weighted by molar-refractivity contribution is -0.147. The molecular weight excluding hydrogens is 378 g/mol. The zero-order valence-corrected chi connectivity index (χ0v) is 17.0. The van der Waals surface area contributed by atoms with Crippen LogP contribution < -0.4 is 4.72 Å². The first-order valence-corrected chi connectivity index (χ1v) is 11.6. The summed E-state index contributed by atoms with van der Waals surface area (Å²) in [7, 11) is -3.50. The van der Waals surface area contributed by atoms with Crippen molar-refractivity contribution in [3.63, 3.8) is 0 Å². The van der Waals surface area contributed by atoms with Crippen molar-refractivity contribution in [1.82, 2.24) is 14.5 Å². The van der Waals surface area contributed by atoms with Gasteiger partial charge >= 0.3 is 0 Å². The molecule has 1 aromatic carbocycles. The largest absolute Gasteiger partial charge is 0.299 e. The maximum Gasteiger partial charge on any atom is 0.229 e. The maximum atomic E-state index is 12.3. The summed E-state index contributed by atoms with van der Waals surface area (Å²) in [4.78, 5) is 27.0. The van der Waals surface area contributed by atoms with Gasteiger partial charge in [-0.1, -0.05) is 30.3 Å². The van der Waals surface area contributed by atoms with E-state index in [0.29, 0.717) is 31.7 Å². The standard InChI is InChI=1S/C20H29N3O4S/c24-19-7-4-8-20(25)23(19)13-14-28(26,27)21-15-17-9-11-22(12-10-17)16-18-5-2-1-3-6-18/h1-3,5-6,17,21H,4,7-16H2. The average Bonchev–Trinajstić information content (AvgIpc) is 2.68. The Kier molecular flexibility index (Phi) is 7.20. The lowest BCUT2D eigenvalue weighted by Gasteiger charge is -2.32. The molecule has 2 amide bonds. The lowest BCUT2D eigenvalue weighted by atomic mass is 9.97. The van der Waals surface area contributed by atoms with E-state index in [4.69, 9.17) is 0 Å². The Morgan fingerprint density at radius 1 is 1.00 bits per heavy atom. The molecule has 0 spiro atoms. The Hall–Kier alpha value is -1.77. The molecule has 0 saturated carbocycles. The van der Waals surface area contributed by atoms with E-state index < -0.39 is 10.0 Å². The highest BCUT2D eigenvalue weighted by molar-refractivity contribution is 7.89. The number of carbonyl (C=O) groups excluding carboxylic acids is 2. The summed E-state index contributed by atoms with van der Waals surface area (Å²) in [6, 6.07) is 10.3. The molecule has 0 atom stereocenters. The summed E-state index contributed by atoms with van der Waals surface area (Å²) >= 11 is 0. The first-order valence-electron chi connectivity index (χ1n) is 10.00.